The van der Waals surface area contributed by atoms with Crippen LogP contribution in [0.25, 0.3) is 11.4 Å². The van der Waals surface area contributed by atoms with E-state index in [4.69, 9.17) is 0 Å². The smallest absolute Gasteiger partial charge is 0.243 e. The molecule has 0 radical (unpaired) electrons. The first-order valence-corrected chi connectivity index (χ1v) is 8.61. The average molecular weight is 349 g/mol. The van der Waals surface area contributed by atoms with E-state index in [-0.39, 0.29) is 18.5 Å². The fourth-order valence-corrected chi connectivity index (χ4v) is 3.15. The first-order valence-electron chi connectivity index (χ1n) is 8.61. The maximum Gasteiger partial charge on any atom is 0.243 e. The largest absolute Gasteiger partial charge is 0.351 e. The van der Waals surface area contributed by atoms with Gasteiger partial charge in [0, 0.05) is 23.5 Å². The summed E-state index contributed by atoms with van der Waals surface area (Å²) in [6, 6.07) is 9.65. The summed E-state index contributed by atoms with van der Waals surface area (Å²) in [5.74, 6) is 1.18. The van der Waals surface area contributed by atoms with Crippen molar-refractivity contribution < 1.29 is 4.79 Å². The third kappa shape index (κ3) is 3.58. The molecule has 26 heavy (non-hydrogen) atoms. The van der Waals surface area contributed by atoms with Crippen LogP contribution in [0, 0.1) is 6.92 Å². The molecule has 1 N–H and O–H groups in total. The van der Waals surface area contributed by atoms with Gasteiger partial charge in [-0.25, -0.2) is 9.97 Å². The van der Waals surface area contributed by atoms with Crippen molar-refractivity contribution in [2.45, 2.75) is 38.8 Å². The quantitative estimate of drug-likeness (QED) is 0.758. The second-order valence-electron chi connectivity index (χ2n) is 6.41. The molecule has 4 rings (SSSR count). The van der Waals surface area contributed by atoms with Crippen LogP contribution >= 0.6 is 0 Å². The molecule has 1 amide bonds. The molecule has 1 atom stereocenters. The number of carbonyl (C=O) groups excluding carboxylic acids is 1. The van der Waals surface area contributed by atoms with Crippen molar-refractivity contribution in [2.24, 2.45) is 0 Å². The molecule has 0 aliphatic heterocycles. The first-order chi connectivity index (χ1) is 12.7. The molecule has 0 bridgehead atoms. The van der Waals surface area contributed by atoms with E-state index < -0.39 is 0 Å². The Balaban J connectivity index is 1.36. The Morgan fingerprint density at radius 3 is 3.00 bits per heavy atom. The van der Waals surface area contributed by atoms with Crippen molar-refractivity contribution in [1.29, 1.82) is 0 Å². The van der Waals surface area contributed by atoms with E-state index in [0.29, 0.717) is 5.82 Å². The summed E-state index contributed by atoms with van der Waals surface area (Å²) in [6.45, 7) is 1.94. The maximum absolute atomic E-state index is 12.3. The van der Waals surface area contributed by atoms with Gasteiger partial charge in [-0.15, -0.1) is 10.2 Å². The van der Waals surface area contributed by atoms with Gasteiger partial charge in [0.25, 0.3) is 0 Å². The van der Waals surface area contributed by atoms with E-state index in [1.54, 1.807) is 0 Å². The Morgan fingerprint density at radius 2 is 2.15 bits per heavy atom. The van der Waals surface area contributed by atoms with Crippen molar-refractivity contribution in [1.82, 2.24) is 35.5 Å². The summed E-state index contributed by atoms with van der Waals surface area (Å²) in [5.41, 5.74) is 3.07. The summed E-state index contributed by atoms with van der Waals surface area (Å²) < 4.78 is 0. The predicted molar refractivity (Wildman–Crippen MR) is 94.0 cm³/mol. The topological polar surface area (TPSA) is 98.5 Å². The van der Waals surface area contributed by atoms with Crippen LogP contribution < -0.4 is 5.32 Å². The Morgan fingerprint density at radius 1 is 1.31 bits per heavy atom. The third-order valence-electron chi connectivity index (χ3n) is 4.41. The van der Waals surface area contributed by atoms with Crippen LogP contribution in [-0.4, -0.2) is 42.1 Å². The zero-order chi connectivity index (χ0) is 17.9. The van der Waals surface area contributed by atoms with E-state index >= 15 is 0 Å². The van der Waals surface area contributed by atoms with Crippen LogP contribution in [0.4, 0.5) is 0 Å². The Hall–Kier alpha value is -3.16. The second kappa shape index (κ2) is 6.99. The molecule has 8 nitrogen and oxygen atoms in total. The summed E-state index contributed by atoms with van der Waals surface area (Å²) >= 11 is 0. The molecule has 3 aromatic rings. The van der Waals surface area contributed by atoms with Crippen molar-refractivity contribution in [3.63, 3.8) is 0 Å². The number of tetrazole rings is 1. The number of nitrogens with one attached hydrogen (secondary N) is 1. The van der Waals surface area contributed by atoms with Crippen molar-refractivity contribution in [3.05, 3.63) is 53.6 Å². The maximum atomic E-state index is 12.3. The number of nitrogens with zero attached hydrogens (tertiary/aromatic N) is 6. The van der Waals surface area contributed by atoms with Gasteiger partial charge in [-0.3, -0.25) is 4.79 Å². The number of amides is 1. The van der Waals surface area contributed by atoms with Crippen LogP contribution in [0.2, 0.25) is 0 Å². The molecule has 2 aromatic heterocycles. The Labute approximate surface area is 150 Å². The van der Waals surface area contributed by atoms with Gasteiger partial charge in [0.05, 0.1) is 0 Å². The minimum absolute atomic E-state index is 0.0492. The third-order valence-corrected chi connectivity index (χ3v) is 4.41. The highest BCUT2D eigenvalue weighted by Gasteiger charge is 2.22. The molecule has 8 heteroatoms. The molecule has 1 unspecified atom stereocenters. The summed E-state index contributed by atoms with van der Waals surface area (Å²) in [4.78, 5) is 22.4. The molecule has 0 saturated heterocycles. The average Bonchev–Trinajstić information content (AvgIpc) is 3.11. The van der Waals surface area contributed by atoms with E-state index in [0.717, 1.165) is 41.9 Å². The zero-order valence-corrected chi connectivity index (χ0v) is 14.5. The number of carbonyl (C=O) groups is 1. The standard InChI is InChI=1S/C18H19N7O/c1-12-19-10-14-9-15(7-8-16(14)20-12)21-17(26)11-25-23-18(22-24-25)13-5-3-2-4-6-13/h2-6,10,15H,7-9,11H2,1H3,(H,21,26). The second-order valence-corrected chi connectivity index (χ2v) is 6.41. The molecular formula is C18H19N7O. The van der Waals surface area contributed by atoms with Gasteiger partial charge in [0.15, 0.2) is 0 Å². The van der Waals surface area contributed by atoms with Crippen LogP contribution in [0.1, 0.15) is 23.5 Å². The van der Waals surface area contributed by atoms with Crippen molar-refractivity contribution in [3.8, 4) is 11.4 Å². The van der Waals surface area contributed by atoms with Crippen LogP contribution in [0.15, 0.2) is 36.5 Å². The molecular weight excluding hydrogens is 330 g/mol. The number of hydrogen-bond donors (Lipinski definition) is 1. The molecule has 0 spiro atoms. The molecule has 0 saturated carbocycles. The minimum Gasteiger partial charge on any atom is -0.351 e. The minimum atomic E-state index is -0.122. The number of benzene rings is 1. The number of rotatable bonds is 4. The van der Waals surface area contributed by atoms with Gasteiger partial charge in [-0.05, 0) is 37.0 Å². The number of aryl methyl sites for hydroxylation is 2. The number of fused-ring (bicyclic) bond motifs is 1. The Kier molecular flexibility index (Phi) is 4.39. The van der Waals surface area contributed by atoms with E-state index in [9.17, 15) is 4.79 Å². The monoisotopic (exact) mass is 349 g/mol. The molecule has 1 aliphatic rings. The Bertz CT molecular complexity index is 922. The van der Waals surface area contributed by atoms with Gasteiger partial charge >= 0.3 is 0 Å². The first kappa shape index (κ1) is 16.3. The molecule has 1 aliphatic carbocycles. The van der Waals surface area contributed by atoms with Crippen LogP contribution in [0.5, 0.6) is 0 Å². The van der Waals surface area contributed by atoms with Gasteiger partial charge in [-0.2, -0.15) is 4.80 Å². The summed E-state index contributed by atoms with van der Waals surface area (Å²) in [6.07, 6.45) is 4.33. The number of hydrogen-bond acceptors (Lipinski definition) is 6. The molecule has 1 aromatic carbocycles. The van der Waals surface area contributed by atoms with Gasteiger partial charge < -0.3 is 5.32 Å². The van der Waals surface area contributed by atoms with Gasteiger partial charge in [0.2, 0.25) is 11.7 Å². The lowest BCUT2D eigenvalue weighted by Gasteiger charge is -2.24. The van der Waals surface area contributed by atoms with Gasteiger partial charge in [0.1, 0.15) is 12.4 Å². The summed E-state index contributed by atoms with van der Waals surface area (Å²) in [7, 11) is 0. The highest BCUT2D eigenvalue weighted by atomic mass is 16.2. The highest BCUT2D eigenvalue weighted by molar-refractivity contribution is 5.76. The van der Waals surface area contributed by atoms with Crippen molar-refractivity contribution >= 4 is 5.91 Å². The molecule has 0 fully saturated rings. The lowest BCUT2D eigenvalue weighted by Crippen LogP contribution is -2.41. The van der Waals surface area contributed by atoms with Gasteiger partial charge in [-0.1, -0.05) is 30.3 Å². The SMILES string of the molecule is Cc1ncc2c(n1)CCC(NC(=O)Cn1nnc(-c3ccccc3)n1)C2. The van der Waals surface area contributed by atoms with E-state index in [1.165, 1.54) is 4.80 Å². The fourth-order valence-electron chi connectivity index (χ4n) is 3.15. The normalized spacial score (nSPS) is 16.1. The van der Waals surface area contributed by atoms with Crippen LogP contribution in [0.3, 0.4) is 0 Å². The predicted octanol–water partition coefficient (Wildman–Crippen LogP) is 1.11. The van der Waals surface area contributed by atoms with E-state index in [1.807, 2.05) is 43.5 Å². The number of aromatic nitrogens is 6. The van der Waals surface area contributed by atoms with E-state index in [2.05, 4.69) is 30.7 Å². The molecule has 2 heterocycles. The van der Waals surface area contributed by atoms with Crippen LogP contribution in [-0.2, 0) is 24.2 Å². The lowest BCUT2D eigenvalue weighted by atomic mass is 9.93. The summed E-state index contributed by atoms with van der Waals surface area (Å²) in [5, 5.41) is 15.3. The lowest BCUT2D eigenvalue weighted by molar-refractivity contribution is -0.122. The zero-order valence-electron chi connectivity index (χ0n) is 14.5. The highest BCUT2D eigenvalue weighted by Crippen LogP contribution is 2.19. The fraction of sp³-hybridized carbons (Fsp3) is 0.333. The van der Waals surface area contributed by atoms with Crippen molar-refractivity contribution in [2.75, 3.05) is 0 Å². The molecule has 132 valence electrons.